The zero-order valence-electron chi connectivity index (χ0n) is 32.3. The van der Waals surface area contributed by atoms with Gasteiger partial charge in [0, 0.05) is 88.5 Å². The summed E-state index contributed by atoms with van der Waals surface area (Å²) in [5, 5.41) is 26.6. The van der Waals surface area contributed by atoms with Gasteiger partial charge in [0.05, 0.1) is 23.7 Å². The van der Waals surface area contributed by atoms with Gasteiger partial charge < -0.3 is 30.1 Å². The molecule has 3 N–H and O–H groups in total. The Morgan fingerprint density at radius 2 is 1.54 bits per heavy atom. The van der Waals surface area contributed by atoms with Gasteiger partial charge in [-0.15, -0.1) is 0 Å². The molecule has 0 saturated carbocycles. The van der Waals surface area contributed by atoms with Crippen LogP contribution in [0.4, 0.5) is 11.4 Å². The lowest BCUT2D eigenvalue weighted by Gasteiger charge is -2.44. The second-order valence-electron chi connectivity index (χ2n) is 14.8. The van der Waals surface area contributed by atoms with E-state index in [1.54, 1.807) is 12.1 Å². The number of benzene rings is 4. The average Bonchev–Trinajstić information content (AvgIpc) is 3.22. The first-order valence-corrected chi connectivity index (χ1v) is 19.6. The lowest BCUT2D eigenvalue weighted by molar-refractivity contribution is -0.384. The summed E-state index contributed by atoms with van der Waals surface area (Å²) in [4.78, 5) is 39.0. The van der Waals surface area contributed by atoms with Crippen LogP contribution in [0, 0.1) is 16.0 Å². The minimum atomic E-state index is -0.610. The van der Waals surface area contributed by atoms with Crippen molar-refractivity contribution in [1.29, 1.82) is 0 Å². The van der Waals surface area contributed by atoms with Crippen molar-refractivity contribution in [2.45, 2.75) is 71.2 Å². The van der Waals surface area contributed by atoms with Crippen LogP contribution in [-0.4, -0.2) is 72.1 Å². The van der Waals surface area contributed by atoms with Gasteiger partial charge in [0.25, 0.3) is 5.69 Å². The molecule has 4 atom stereocenters. The predicted octanol–water partition coefficient (Wildman–Crippen LogP) is 6.68. The topological polar surface area (TPSA) is 147 Å². The van der Waals surface area contributed by atoms with E-state index in [0.29, 0.717) is 19.5 Å². The maximum absolute atomic E-state index is 12.5. The molecule has 2 aliphatic heterocycles. The highest BCUT2D eigenvalue weighted by Crippen LogP contribution is 2.42. The Bertz CT molecular complexity index is 1910. The van der Waals surface area contributed by atoms with E-state index >= 15 is 0 Å². The number of hydrogen-bond acceptors (Lipinski definition) is 9. The lowest BCUT2D eigenvalue weighted by atomic mass is 9.89. The van der Waals surface area contributed by atoms with Crippen LogP contribution in [0.15, 0.2) is 97.1 Å². The van der Waals surface area contributed by atoms with Gasteiger partial charge in [-0.2, -0.15) is 0 Å². The number of aliphatic hydroxyl groups excluding tert-OH is 1. The minimum absolute atomic E-state index is 0.0132. The van der Waals surface area contributed by atoms with Crippen molar-refractivity contribution >= 4 is 23.2 Å². The van der Waals surface area contributed by atoms with Crippen molar-refractivity contribution < 1.29 is 29.1 Å². The van der Waals surface area contributed by atoms with Gasteiger partial charge >= 0.3 is 0 Å². The third-order valence-electron chi connectivity index (χ3n) is 10.7. The summed E-state index contributed by atoms with van der Waals surface area (Å²) >= 11 is 0. The molecular weight excluding hydrogens is 711 g/mol. The Kier molecular flexibility index (Phi) is 14.2. The van der Waals surface area contributed by atoms with Gasteiger partial charge in [-0.25, -0.2) is 0 Å². The molecule has 4 unspecified atom stereocenters. The summed E-state index contributed by atoms with van der Waals surface area (Å²) in [6.07, 6.45) is 1.99. The monoisotopic (exact) mass is 763 g/mol. The Morgan fingerprint density at radius 1 is 0.821 bits per heavy atom. The molecule has 2 aliphatic rings. The number of nitrogens with zero attached hydrogens (tertiary/aromatic N) is 3. The third kappa shape index (κ3) is 11.0. The van der Waals surface area contributed by atoms with Crippen LogP contribution in [-0.2, 0) is 32.2 Å². The second-order valence-corrected chi connectivity index (χ2v) is 14.8. The van der Waals surface area contributed by atoms with Crippen molar-refractivity contribution in [3.8, 4) is 11.1 Å². The molecule has 296 valence electrons. The maximum atomic E-state index is 12.5. The highest BCUT2D eigenvalue weighted by molar-refractivity contribution is 5.76. The molecule has 2 amide bonds. The summed E-state index contributed by atoms with van der Waals surface area (Å²) in [5.41, 5.74) is 6.91. The van der Waals surface area contributed by atoms with Crippen LogP contribution < -0.4 is 15.5 Å². The number of nitrogens with one attached hydrogen (secondary N) is 2. The normalized spacial score (nSPS) is 20.0. The summed E-state index contributed by atoms with van der Waals surface area (Å²) in [6, 6.07) is 31.1. The molecule has 2 fully saturated rings. The Labute approximate surface area is 329 Å². The van der Waals surface area contributed by atoms with Gasteiger partial charge in [-0.3, -0.25) is 24.6 Å². The standard InChI is InChI=1S/C44H53N5O7/c1-31-41(29-47-22-24-48(25-23-47)39-17-19-40(20-18-39)49(53)54)55-44(56-43(31)35-15-13-33(30-50)14-16-35)38-11-7-10-37(27-38)36-9-6-8-34(26-36)28-46-42(52)12-4-3-5-21-45-32(2)51/h6-11,13-20,26-27,31,41,43-44,50H,3-5,12,21-25,28-30H2,1-2H3,(H,45,51)(H,46,52). The van der Waals surface area contributed by atoms with Crippen LogP contribution in [0.25, 0.3) is 11.1 Å². The third-order valence-corrected chi connectivity index (χ3v) is 10.7. The number of piperazine rings is 1. The number of non-ortho nitro benzene ring substituents is 1. The summed E-state index contributed by atoms with van der Waals surface area (Å²) in [5.74, 6) is 0.0183. The lowest BCUT2D eigenvalue weighted by Crippen LogP contribution is -2.51. The summed E-state index contributed by atoms with van der Waals surface area (Å²) in [7, 11) is 0. The van der Waals surface area contributed by atoms with Crippen LogP contribution >= 0.6 is 0 Å². The molecule has 2 saturated heterocycles. The highest BCUT2D eigenvalue weighted by Gasteiger charge is 2.39. The molecule has 0 aromatic heterocycles. The molecule has 6 rings (SSSR count). The van der Waals surface area contributed by atoms with Gasteiger partial charge in [0.1, 0.15) is 0 Å². The molecule has 2 heterocycles. The van der Waals surface area contributed by atoms with Crippen molar-refractivity contribution in [2.75, 3.05) is 44.2 Å². The van der Waals surface area contributed by atoms with Crippen LogP contribution in [0.5, 0.6) is 0 Å². The Hall–Kier alpha value is -5.14. The van der Waals surface area contributed by atoms with E-state index in [1.165, 1.54) is 6.92 Å². The molecule has 12 nitrogen and oxygen atoms in total. The first-order chi connectivity index (χ1) is 27.2. The van der Waals surface area contributed by atoms with E-state index in [9.17, 15) is 24.8 Å². The highest BCUT2D eigenvalue weighted by atomic mass is 16.7. The van der Waals surface area contributed by atoms with Crippen LogP contribution in [0.3, 0.4) is 0 Å². The number of carbonyl (C=O) groups excluding carboxylic acids is 2. The van der Waals surface area contributed by atoms with Crippen LogP contribution in [0.1, 0.15) is 74.2 Å². The molecule has 0 aliphatic carbocycles. The largest absolute Gasteiger partial charge is 0.392 e. The minimum Gasteiger partial charge on any atom is -0.392 e. The molecule has 12 heteroatoms. The fourth-order valence-electron chi connectivity index (χ4n) is 7.42. The maximum Gasteiger partial charge on any atom is 0.269 e. The van der Waals surface area contributed by atoms with E-state index in [-0.39, 0.29) is 47.2 Å². The molecule has 4 aromatic rings. The predicted molar refractivity (Wildman–Crippen MR) is 216 cm³/mol. The SMILES string of the molecule is CC(=O)NCCCCCC(=O)NCc1cccc(-c2cccc(C3OC(CN4CCN(c5ccc([N+](=O)[O-])cc5)CC4)C(C)C(c4ccc(CO)cc4)O3)c2)c1. The summed E-state index contributed by atoms with van der Waals surface area (Å²) in [6.45, 7) is 8.72. The number of aliphatic hydroxyl groups is 1. The van der Waals surface area contributed by atoms with E-state index < -0.39 is 6.29 Å². The smallest absolute Gasteiger partial charge is 0.269 e. The number of nitro benzene ring substituents is 1. The van der Waals surface area contributed by atoms with E-state index in [1.807, 2.05) is 60.7 Å². The quantitative estimate of drug-likeness (QED) is 0.0646. The number of amides is 2. The number of nitro groups is 1. The molecule has 0 bridgehead atoms. The zero-order chi connectivity index (χ0) is 39.4. The summed E-state index contributed by atoms with van der Waals surface area (Å²) < 4.78 is 13.6. The van der Waals surface area contributed by atoms with E-state index in [2.05, 4.69) is 51.6 Å². The van der Waals surface area contributed by atoms with Crippen molar-refractivity contribution in [2.24, 2.45) is 5.92 Å². The van der Waals surface area contributed by atoms with Crippen molar-refractivity contribution in [1.82, 2.24) is 15.5 Å². The average molecular weight is 764 g/mol. The first-order valence-electron chi connectivity index (χ1n) is 19.6. The first kappa shape index (κ1) is 40.5. The van der Waals surface area contributed by atoms with E-state index in [4.69, 9.17) is 9.47 Å². The number of rotatable bonds is 16. The van der Waals surface area contributed by atoms with Crippen molar-refractivity contribution in [3.63, 3.8) is 0 Å². The molecule has 0 spiro atoms. The number of anilines is 1. The second kappa shape index (κ2) is 19.6. The number of unbranched alkanes of at least 4 members (excludes halogenated alkanes) is 2. The van der Waals surface area contributed by atoms with Crippen molar-refractivity contribution in [3.05, 3.63) is 129 Å². The van der Waals surface area contributed by atoms with Gasteiger partial charge in [-0.1, -0.05) is 74.0 Å². The number of ether oxygens (including phenoxy) is 2. The number of carbonyl (C=O) groups is 2. The molecular formula is C44H53N5O7. The molecule has 0 radical (unpaired) electrons. The zero-order valence-corrected chi connectivity index (χ0v) is 32.3. The van der Waals surface area contributed by atoms with Gasteiger partial charge in [0.15, 0.2) is 6.29 Å². The van der Waals surface area contributed by atoms with Gasteiger partial charge in [0.2, 0.25) is 11.8 Å². The molecule has 4 aromatic carbocycles. The number of hydrogen-bond donors (Lipinski definition) is 3. The fourth-order valence-corrected chi connectivity index (χ4v) is 7.42. The molecule has 56 heavy (non-hydrogen) atoms. The fraction of sp³-hybridized carbons (Fsp3) is 0.409. The van der Waals surface area contributed by atoms with E-state index in [0.717, 1.165) is 91.1 Å². The Balaban J connectivity index is 1.11. The van der Waals surface area contributed by atoms with Crippen LogP contribution in [0.2, 0.25) is 0 Å². The Morgan fingerprint density at radius 3 is 2.23 bits per heavy atom. The van der Waals surface area contributed by atoms with Gasteiger partial charge in [-0.05, 0) is 64.9 Å².